The highest BCUT2D eigenvalue weighted by Crippen LogP contribution is 2.17. The molecule has 0 saturated heterocycles. The lowest BCUT2D eigenvalue weighted by Gasteiger charge is -2.11. The molecule has 1 heterocycles. The van der Waals surface area contributed by atoms with E-state index in [2.05, 4.69) is 25.6 Å². The van der Waals surface area contributed by atoms with Gasteiger partial charge in [-0.05, 0) is 49.6 Å². The highest BCUT2D eigenvalue weighted by molar-refractivity contribution is 14.0. The molecule has 1 aromatic heterocycles. The quantitative estimate of drug-likeness (QED) is 0.171. The standard InChI is InChI=1S/C22H29N5O2S.HI/c1-4-23-22(25-15-17-11-12-20(16(2)14-17)30(3,28)29)24-13-7-10-21-26-18-8-5-6-9-19(18)27-21;/h5-6,8-9,11-12,14H,4,7,10,13,15H2,1-3H3,(H,26,27)(H2,23,24,25);1H. The lowest BCUT2D eigenvalue weighted by molar-refractivity contribution is 0.601. The Balaban J connectivity index is 0.00000341. The Morgan fingerprint density at radius 2 is 1.94 bits per heavy atom. The number of nitrogens with one attached hydrogen (secondary N) is 3. The lowest BCUT2D eigenvalue weighted by atomic mass is 10.1. The third kappa shape index (κ3) is 7.20. The molecular formula is C22H30IN5O2S. The maximum atomic E-state index is 11.8. The summed E-state index contributed by atoms with van der Waals surface area (Å²) in [6.07, 6.45) is 3.01. The Morgan fingerprint density at radius 3 is 2.61 bits per heavy atom. The number of sulfone groups is 1. The molecule has 0 atom stereocenters. The van der Waals surface area contributed by atoms with Crippen LogP contribution in [0.1, 0.15) is 30.3 Å². The van der Waals surface area contributed by atoms with Gasteiger partial charge in [0, 0.05) is 25.8 Å². The zero-order valence-corrected chi connectivity index (χ0v) is 21.3. The number of hydrogen-bond acceptors (Lipinski definition) is 4. The summed E-state index contributed by atoms with van der Waals surface area (Å²) in [6.45, 7) is 5.85. The number of aromatic nitrogens is 2. The fourth-order valence-electron chi connectivity index (χ4n) is 3.32. The number of rotatable bonds is 8. The summed E-state index contributed by atoms with van der Waals surface area (Å²) in [6, 6.07) is 13.4. The number of hydrogen-bond donors (Lipinski definition) is 3. The van der Waals surface area contributed by atoms with Crippen molar-refractivity contribution < 1.29 is 8.42 Å². The van der Waals surface area contributed by atoms with Crippen LogP contribution in [0, 0.1) is 6.92 Å². The van der Waals surface area contributed by atoms with Crippen molar-refractivity contribution >= 4 is 50.8 Å². The van der Waals surface area contributed by atoms with Gasteiger partial charge in [-0.15, -0.1) is 24.0 Å². The molecule has 3 rings (SSSR count). The summed E-state index contributed by atoms with van der Waals surface area (Å²) < 4.78 is 23.5. The Morgan fingerprint density at radius 1 is 1.16 bits per heavy atom. The van der Waals surface area contributed by atoms with Crippen LogP contribution in [0.3, 0.4) is 0 Å². The first-order valence-electron chi connectivity index (χ1n) is 10.1. The average Bonchev–Trinajstić information content (AvgIpc) is 3.11. The number of H-pyrrole nitrogens is 1. The van der Waals surface area contributed by atoms with Gasteiger partial charge in [-0.1, -0.05) is 24.3 Å². The number of nitrogens with zero attached hydrogens (tertiary/aromatic N) is 2. The van der Waals surface area contributed by atoms with Crippen molar-refractivity contribution in [1.29, 1.82) is 0 Å². The van der Waals surface area contributed by atoms with Crippen molar-refractivity contribution in [3.05, 3.63) is 59.4 Å². The average molecular weight is 555 g/mol. The summed E-state index contributed by atoms with van der Waals surface area (Å²) >= 11 is 0. The topological polar surface area (TPSA) is 99.2 Å². The molecule has 0 unspecified atom stereocenters. The molecule has 0 amide bonds. The van der Waals surface area contributed by atoms with Gasteiger partial charge in [-0.25, -0.2) is 18.4 Å². The SMILES string of the molecule is CCNC(=NCc1ccc(S(C)(=O)=O)c(C)c1)NCCCc1nc2ccccc2[nH]1.I. The van der Waals surface area contributed by atoms with Crippen LogP contribution in [0.15, 0.2) is 52.4 Å². The minimum atomic E-state index is -3.20. The smallest absolute Gasteiger partial charge is 0.191 e. The first-order valence-corrected chi connectivity index (χ1v) is 12.0. The molecule has 0 fully saturated rings. The van der Waals surface area contributed by atoms with Crippen molar-refractivity contribution in [3.8, 4) is 0 Å². The molecule has 0 aliphatic carbocycles. The van der Waals surface area contributed by atoms with E-state index >= 15 is 0 Å². The van der Waals surface area contributed by atoms with Crippen LogP contribution in [0.4, 0.5) is 0 Å². The number of halogens is 1. The number of aromatic amines is 1. The highest BCUT2D eigenvalue weighted by atomic mass is 127. The number of para-hydroxylation sites is 2. The van der Waals surface area contributed by atoms with Gasteiger partial charge < -0.3 is 15.6 Å². The minimum Gasteiger partial charge on any atom is -0.357 e. The van der Waals surface area contributed by atoms with E-state index in [1.165, 1.54) is 6.26 Å². The number of aryl methyl sites for hydroxylation is 2. The Hall–Kier alpha value is -2.14. The molecule has 31 heavy (non-hydrogen) atoms. The molecule has 0 radical (unpaired) electrons. The number of imidazole rings is 1. The second-order valence-corrected chi connectivity index (χ2v) is 9.28. The van der Waals surface area contributed by atoms with Crippen molar-refractivity contribution in [2.24, 2.45) is 4.99 Å². The van der Waals surface area contributed by atoms with E-state index in [0.29, 0.717) is 11.4 Å². The highest BCUT2D eigenvalue weighted by Gasteiger charge is 2.10. The summed E-state index contributed by atoms with van der Waals surface area (Å²) in [4.78, 5) is 12.9. The van der Waals surface area contributed by atoms with Gasteiger partial charge in [0.2, 0.25) is 0 Å². The Kier molecular flexibility index (Phi) is 9.30. The second-order valence-electron chi connectivity index (χ2n) is 7.30. The van der Waals surface area contributed by atoms with Gasteiger partial charge in [0.1, 0.15) is 5.82 Å². The Labute approximate surface area is 201 Å². The number of benzene rings is 2. The molecule has 0 spiro atoms. The lowest BCUT2D eigenvalue weighted by Crippen LogP contribution is -2.37. The molecule has 0 saturated carbocycles. The van der Waals surface area contributed by atoms with E-state index in [0.717, 1.165) is 59.9 Å². The predicted molar refractivity (Wildman–Crippen MR) is 137 cm³/mol. The number of aliphatic imine (C=N–C) groups is 1. The van der Waals surface area contributed by atoms with Gasteiger partial charge in [-0.3, -0.25) is 0 Å². The maximum Gasteiger partial charge on any atom is 0.191 e. The van der Waals surface area contributed by atoms with Crippen LogP contribution in [0.5, 0.6) is 0 Å². The maximum absolute atomic E-state index is 11.8. The fourth-order valence-corrected chi connectivity index (χ4v) is 4.28. The molecule has 3 N–H and O–H groups in total. The van der Waals surface area contributed by atoms with E-state index in [-0.39, 0.29) is 24.0 Å². The molecule has 168 valence electrons. The zero-order chi connectivity index (χ0) is 21.6. The monoisotopic (exact) mass is 555 g/mol. The molecule has 7 nitrogen and oxygen atoms in total. The molecular weight excluding hydrogens is 525 g/mol. The van der Waals surface area contributed by atoms with Crippen LogP contribution in [0.25, 0.3) is 11.0 Å². The largest absolute Gasteiger partial charge is 0.357 e. The van der Waals surface area contributed by atoms with Gasteiger partial charge in [0.25, 0.3) is 0 Å². The second kappa shape index (κ2) is 11.5. The molecule has 0 bridgehead atoms. The van der Waals surface area contributed by atoms with E-state index in [9.17, 15) is 8.42 Å². The van der Waals surface area contributed by atoms with Crippen LogP contribution >= 0.6 is 24.0 Å². The van der Waals surface area contributed by atoms with Crippen LogP contribution < -0.4 is 10.6 Å². The molecule has 3 aromatic rings. The van der Waals surface area contributed by atoms with Gasteiger partial charge in [0.15, 0.2) is 15.8 Å². The van der Waals surface area contributed by atoms with Crippen molar-refractivity contribution in [1.82, 2.24) is 20.6 Å². The summed E-state index contributed by atoms with van der Waals surface area (Å²) in [5, 5.41) is 6.59. The number of guanidine groups is 1. The van der Waals surface area contributed by atoms with E-state index in [1.54, 1.807) is 6.07 Å². The van der Waals surface area contributed by atoms with E-state index < -0.39 is 9.84 Å². The first kappa shape index (κ1) is 25.1. The zero-order valence-electron chi connectivity index (χ0n) is 18.1. The third-order valence-corrected chi connectivity index (χ3v) is 5.98. The first-order chi connectivity index (χ1) is 14.4. The fraction of sp³-hybridized carbons (Fsp3) is 0.364. The van der Waals surface area contributed by atoms with Crippen molar-refractivity contribution in [2.75, 3.05) is 19.3 Å². The van der Waals surface area contributed by atoms with Crippen LogP contribution in [-0.4, -0.2) is 43.7 Å². The summed E-state index contributed by atoms with van der Waals surface area (Å²) in [5.41, 5.74) is 3.77. The van der Waals surface area contributed by atoms with Gasteiger partial charge in [-0.2, -0.15) is 0 Å². The Bertz CT molecular complexity index is 1110. The van der Waals surface area contributed by atoms with E-state index in [1.807, 2.05) is 50.2 Å². The van der Waals surface area contributed by atoms with Crippen LogP contribution in [-0.2, 0) is 22.8 Å². The van der Waals surface area contributed by atoms with Crippen molar-refractivity contribution in [2.45, 2.75) is 38.1 Å². The van der Waals surface area contributed by atoms with Gasteiger partial charge in [0.05, 0.1) is 22.5 Å². The van der Waals surface area contributed by atoms with Gasteiger partial charge >= 0.3 is 0 Å². The molecule has 0 aliphatic heterocycles. The molecule has 2 aromatic carbocycles. The summed E-state index contributed by atoms with van der Waals surface area (Å²) in [5.74, 6) is 1.73. The third-order valence-electron chi connectivity index (χ3n) is 4.72. The molecule has 9 heteroatoms. The summed E-state index contributed by atoms with van der Waals surface area (Å²) in [7, 11) is -3.20. The normalized spacial score (nSPS) is 11.9. The van der Waals surface area contributed by atoms with Crippen LogP contribution in [0.2, 0.25) is 0 Å². The number of fused-ring (bicyclic) bond motifs is 1. The molecule has 0 aliphatic rings. The van der Waals surface area contributed by atoms with E-state index in [4.69, 9.17) is 0 Å². The minimum absolute atomic E-state index is 0. The predicted octanol–water partition coefficient (Wildman–Crippen LogP) is 3.58. The van der Waals surface area contributed by atoms with Crippen molar-refractivity contribution in [3.63, 3.8) is 0 Å².